The lowest BCUT2D eigenvalue weighted by molar-refractivity contribution is 0.0696. The average molecular weight is 299 g/mol. The summed E-state index contributed by atoms with van der Waals surface area (Å²) in [7, 11) is 0. The predicted octanol–water partition coefficient (Wildman–Crippen LogP) is 2.51. The summed E-state index contributed by atoms with van der Waals surface area (Å²) in [5.41, 5.74) is 4.22. The molecule has 0 unspecified atom stereocenters. The molecule has 0 radical (unpaired) electrons. The summed E-state index contributed by atoms with van der Waals surface area (Å²) in [6, 6.07) is 7.05. The smallest absolute Gasteiger partial charge is 0.337 e. The van der Waals surface area contributed by atoms with Crippen molar-refractivity contribution >= 4 is 5.97 Å². The zero-order valence-corrected chi connectivity index (χ0v) is 13.2. The normalized spacial score (nSPS) is 14.7. The van der Waals surface area contributed by atoms with Crippen molar-refractivity contribution in [3.8, 4) is 5.69 Å². The summed E-state index contributed by atoms with van der Waals surface area (Å²) in [5, 5.41) is 17.6. The molecule has 3 rings (SSSR count). The van der Waals surface area contributed by atoms with Crippen LogP contribution in [0.4, 0.5) is 0 Å². The minimum absolute atomic E-state index is 0.0769. The van der Waals surface area contributed by atoms with Gasteiger partial charge in [-0.05, 0) is 12.1 Å². The Morgan fingerprint density at radius 3 is 2.73 bits per heavy atom. The number of rotatable bonds is 2. The zero-order valence-electron chi connectivity index (χ0n) is 13.2. The van der Waals surface area contributed by atoms with E-state index in [-0.39, 0.29) is 11.0 Å². The van der Waals surface area contributed by atoms with Crippen molar-refractivity contribution in [1.29, 1.82) is 0 Å². The maximum Gasteiger partial charge on any atom is 0.337 e. The van der Waals surface area contributed by atoms with Crippen LogP contribution < -0.4 is 5.32 Å². The number of para-hydroxylation sites is 1. The number of carboxylic acids is 1. The summed E-state index contributed by atoms with van der Waals surface area (Å²) in [6.07, 6.45) is 0.854. The van der Waals surface area contributed by atoms with Crippen LogP contribution in [0.2, 0.25) is 0 Å². The van der Waals surface area contributed by atoms with E-state index in [1.54, 1.807) is 12.1 Å². The molecule has 116 valence electrons. The Balaban J connectivity index is 2.25. The number of hydrogen-bond donors (Lipinski definition) is 2. The van der Waals surface area contributed by atoms with Crippen LogP contribution in [0, 0.1) is 0 Å². The quantitative estimate of drug-likeness (QED) is 0.894. The molecular formula is C17H21N3O2. The summed E-state index contributed by atoms with van der Waals surface area (Å²) in [6.45, 7) is 8.08. The van der Waals surface area contributed by atoms with E-state index in [1.807, 2.05) is 16.8 Å². The van der Waals surface area contributed by atoms with E-state index in [1.165, 1.54) is 5.56 Å². The van der Waals surface area contributed by atoms with Gasteiger partial charge in [0, 0.05) is 30.5 Å². The number of aromatic carboxylic acids is 1. The van der Waals surface area contributed by atoms with Crippen molar-refractivity contribution in [3.05, 3.63) is 46.8 Å². The van der Waals surface area contributed by atoms with E-state index in [0.717, 1.165) is 30.9 Å². The first-order valence-electron chi connectivity index (χ1n) is 7.54. The van der Waals surface area contributed by atoms with Crippen molar-refractivity contribution in [2.45, 2.75) is 39.2 Å². The lowest BCUT2D eigenvalue weighted by Gasteiger charge is -2.20. The number of fused-ring (bicyclic) bond motifs is 1. The minimum atomic E-state index is -0.925. The van der Waals surface area contributed by atoms with Gasteiger partial charge in [-0.2, -0.15) is 5.10 Å². The van der Waals surface area contributed by atoms with Gasteiger partial charge in [0.1, 0.15) is 0 Å². The van der Waals surface area contributed by atoms with Crippen molar-refractivity contribution in [2.75, 3.05) is 6.54 Å². The molecule has 0 spiro atoms. The molecule has 1 aliphatic rings. The third kappa shape index (κ3) is 2.41. The summed E-state index contributed by atoms with van der Waals surface area (Å²) in [5.74, 6) is -0.925. The lowest BCUT2D eigenvalue weighted by atomic mass is 9.88. The maximum atomic E-state index is 11.5. The van der Waals surface area contributed by atoms with Gasteiger partial charge in [0.05, 0.1) is 22.6 Å². The minimum Gasteiger partial charge on any atom is -0.478 e. The zero-order chi connectivity index (χ0) is 15.9. The largest absolute Gasteiger partial charge is 0.478 e. The molecule has 0 bridgehead atoms. The van der Waals surface area contributed by atoms with Crippen LogP contribution in [-0.4, -0.2) is 27.4 Å². The second-order valence-corrected chi connectivity index (χ2v) is 6.68. The van der Waals surface area contributed by atoms with Gasteiger partial charge in [0.2, 0.25) is 0 Å². The van der Waals surface area contributed by atoms with Gasteiger partial charge in [-0.3, -0.25) is 0 Å². The molecule has 0 fully saturated rings. The monoisotopic (exact) mass is 299 g/mol. The van der Waals surface area contributed by atoms with E-state index in [0.29, 0.717) is 5.69 Å². The van der Waals surface area contributed by atoms with Crippen molar-refractivity contribution in [3.63, 3.8) is 0 Å². The third-order valence-corrected chi connectivity index (χ3v) is 4.00. The first kappa shape index (κ1) is 14.8. The molecule has 0 amide bonds. The Kier molecular flexibility index (Phi) is 3.53. The van der Waals surface area contributed by atoms with Gasteiger partial charge >= 0.3 is 5.97 Å². The number of carboxylic acid groups (broad SMARTS) is 1. The highest BCUT2D eigenvalue weighted by Gasteiger charge is 2.29. The fourth-order valence-corrected chi connectivity index (χ4v) is 2.99. The molecule has 0 aliphatic carbocycles. The molecule has 2 N–H and O–H groups in total. The summed E-state index contributed by atoms with van der Waals surface area (Å²) >= 11 is 0. The molecule has 1 aromatic carbocycles. The van der Waals surface area contributed by atoms with Crippen LogP contribution in [0.15, 0.2) is 24.3 Å². The highest BCUT2D eigenvalue weighted by Crippen LogP contribution is 2.31. The second kappa shape index (κ2) is 5.25. The number of carbonyl (C=O) groups is 1. The Bertz CT molecular complexity index is 726. The number of aromatic nitrogens is 2. The Hall–Kier alpha value is -2.14. The molecule has 5 nitrogen and oxygen atoms in total. The summed E-state index contributed by atoms with van der Waals surface area (Å²) in [4.78, 5) is 11.5. The molecule has 1 aromatic heterocycles. The molecule has 1 aliphatic heterocycles. The maximum absolute atomic E-state index is 11.5. The van der Waals surface area contributed by atoms with Crippen LogP contribution in [-0.2, 0) is 18.4 Å². The molecular weight excluding hydrogens is 278 g/mol. The van der Waals surface area contributed by atoms with E-state index in [9.17, 15) is 9.90 Å². The third-order valence-electron chi connectivity index (χ3n) is 4.00. The Morgan fingerprint density at radius 1 is 1.32 bits per heavy atom. The lowest BCUT2D eigenvalue weighted by Crippen LogP contribution is -2.26. The van der Waals surface area contributed by atoms with Gasteiger partial charge in [-0.25, -0.2) is 9.48 Å². The van der Waals surface area contributed by atoms with Crippen molar-refractivity contribution < 1.29 is 9.90 Å². The van der Waals surface area contributed by atoms with Gasteiger partial charge in [0.15, 0.2) is 0 Å². The standard InChI is InChI=1S/C17H21N3O2/c1-17(2,3)15-12-10-18-9-8-14(12)20(19-15)13-7-5-4-6-11(13)16(21)22/h4-7,18H,8-10H2,1-3H3,(H,21,22). The Morgan fingerprint density at radius 2 is 2.05 bits per heavy atom. The Labute approximate surface area is 130 Å². The number of nitrogens with one attached hydrogen (secondary N) is 1. The first-order valence-corrected chi connectivity index (χ1v) is 7.54. The fourth-order valence-electron chi connectivity index (χ4n) is 2.99. The SMILES string of the molecule is CC(C)(C)c1nn(-c2ccccc2C(=O)O)c2c1CNCC2. The van der Waals surface area contributed by atoms with Gasteiger partial charge in [-0.1, -0.05) is 32.9 Å². The van der Waals surface area contributed by atoms with Crippen LogP contribution >= 0.6 is 0 Å². The molecule has 0 saturated carbocycles. The molecule has 5 heteroatoms. The van der Waals surface area contributed by atoms with Crippen LogP contribution in [0.25, 0.3) is 5.69 Å². The van der Waals surface area contributed by atoms with Crippen LogP contribution in [0.1, 0.15) is 48.1 Å². The van der Waals surface area contributed by atoms with E-state index in [4.69, 9.17) is 5.10 Å². The van der Waals surface area contributed by atoms with Crippen molar-refractivity contribution in [2.24, 2.45) is 0 Å². The second-order valence-electron chi connectivity index (χ2n) is 6.68. The molecule has 2 heterocycles. The van der Waals surface area contributed by atoms with E-state index >= 15 is 0 Å². The molecule has 22 heavy (non-hydrogen) atoms. The van der Waals surface area contributed by atoms with Crippen molar-refractivity contribution in [1.82, 2.24) is 15.1 Å². The van der Waals surface area contributed by atoms with E-state index in [2.05, 4.69) is 26.1 Å². The summed E-state index contributed by atoms with van der Waals surface area (Å²) < 4.78 is 1.83. The first-order chi connectivity index (χ1) is 10.4. The fraction of sp³-hybridized carbons (Fsp3) is 0.412. The predicted molar refractivity (Wildman–Crippen MR) is 84.6 cm³/mol. The van der Waals surface area contributed by atoms with Gasteiger partial charge < -0.3 is 10.4 Å². The van der Waals surface area contributed by atoms with Crippen LogP contribution in [0.5, 0.6) is 0 Å². The topological polar surface area (TPSA) is 67.2 Å². The average Bonchev–Trinajstić information content (AvgIpc) is 2.86. The highest BCUT2D eigenvalue weighted by atomic mass is 16.4. The molecule has 0 atom stereocenters. The number of nitrogens with zero attached hydrogens (tertiary/aromatic N) is 2. The number of hydrogen-bond acceptors (Lipinski definition) is 3. The molecule has 2 aromatic rings. The number of benzene rings is 1. The van der Waals surface area contributed by atoms with Crippen LogP contribution in [0.3, 0.4) is 0 Å². The molecule has 0 saturated heterocycles. The van der Waals surface area contributed by atoms with E-state index < -0.39 is 5.97 Å². The highest BCUT2D eigenvalue weighted by molar-refractivity contribution is 5.91. The van der Waals surface area contributed by atoms with Gasteiger partial charge in [-0.15, -0.1) is 0 Å². The van der Waals surface area contributed by atoms with Gasteiger partial charge in [0.25, 0.3) is 0 Å².